The summed E-state index contributed by atoms with van der Waals surface area (Å²) < 4.78 is 40.9. The number of halogens is 3. The van der Waals surface area contributed by atoms with Crippen LogP contribution in [0.25, 0.3) is 5.57 Å². The van der Waals surface area contributed by atoms with Gasteiger partial charge in [-0.3, -0.25) is 5.01 Å². The molecule has 0 saturated heterocycles. The average Bonchev–Trinajstić information content (AvgIpc) is 2.51. The SMILES string of the molecule is C=NN(C)/C=C(\C)c1cc2c(cc1C(F)(F)F)N(C(C)C)CCC2. The Morgan fingerprint density at radius 3 is 2.58 bits per heavy atom. The highest BCUT2D eigenvalue weighted by Crippen LogP contribution is 2.41. The van der Waals surface area contributed by atoms with Crippen LogP contribution in [0.5, 0.6) is 0 Å². The van der Waals surface area contributed by atoms with Crippen LogP contribution < -0.4 is 4.90 Å². The maximum absolute atomic E-state index is 13.6. The van der Waals surface area contributed by atoms with Crippen LogP contribution in [-0.4, -0.2) is 31.4 Å². The maximum Gasteiger partial charge on any atom is 0.417 e. The van der Waals surface area contributed by atoms with Crippen LogP contribution in [0.3, 0.4) is 0 Å². The van der Waals surface area contributed by atoms with Crippen molar-refractivity contribution in [1.82, 2.24) is 5.01 Å². The van der Waals surface area contributed by atoms with Gasteiger partial charge in [-0.2, -0.15) is 18.3 Å². The zero-order valence-corrected chi connectivity index (χ0v) is 14.6. The monoisotopic (exact) mass is 339 g/mol. The van der Waals surface area contributed by atoms with E-state index >= 15 is 0 Å². The number of anilines is 1. The number of alkyl halides is 3. The van der Waals surface area contributed by atoms with Gasteiger partial charge in [-0.25, -0.2) is 0 Å². The van der Waals surface area contributed by atoms with Gasteiger partial charge < -0.3 is 4.90 Å². The standard InChI is InChI=1S/C18H24F3N3/c1-12(2)24-8-6-7-14-9-15(13(3)11-23(5)22-4)16(10-17(14)24)18(19,20)21/h9-12H,4,6-8H2,1-3,5H3/b13-11+. The zero-order chi connectivity index (χ0) is 18.1. The molecule has 6 heteroatoms. The Bertz CT molecular complexity index is 648. The van der Waals surface area contributed by atoms with Crippen molar-refractivity contribution in [2.75, 3.05) is 18.5 Å². The summed E-state index contributed by atoms with van der Waals surface area (Å²) in [6.07, 6.45) is -1.09. The molecule has 0 aliphatic carbocycles. The van der Waals surface area contributed by atoms with Crippen LogP contribution in [0, 0.1) is 0 Å². The Labute approximate surface area is 141 Å². The Kier molecular flexibility index (Phi) is 5.26. The number of hydrazone groups is 1. The van der Waals surface area contributed by atoms with Crippen molar-refractivity contribution in [2.24, 2.45) is 5.10 Å². The van der Waals surface area contributed by atoms with Gasteiger partial charge in [0.25, 0.3) is 0 Å². The first-order valence-corrected chi connectivity index (χ1v) is 8.04. The minimum absolute atomic E-state index is 0.170. The first kappa shape index (κ1) is 18.4. The first-order valence-electron chi connectivity index (χ1n) is 8.04. The molecule has 1 aliphatic heterocycles. The van der Waals surface area contributed by atoms with Crippen LogP contribution in [0.15, 0.2) is 23.4 Å². The molecule has 1 aromatic carbocycles. The zero-order valence-electron chi connectivity index (χ0n) is 14.6. The third-order valence-corrected chi connectivity index (χ3v) is 4.33. The van der Waals surface area contributed by atoms with Gasteiger partial charge >= 0.3 is 6.18 Å². The molecule has 132 valence electrons. The number of nitrogens with zero attached hydrogens (tertiary/aromatic N) is 3. The highest BCUT2D eigenvalue weighted by molar-refractivity contribution is 5.72. The van der Waals surface area contributed by atoms with Gasteiger partial charge in [-0.15, -0.1) is 0 Å². The summed E-state index contributed by atoms with van der Waals surface area (Å²) in [7, 11) is 1.64. The predicted octanol–water partition coefficient (Wildman–Crippen LogP) is 4.77. The van der Waals surface area contributed by atoms with Crippen LogP contribution in [0.2, 0.25) is 0 Å². The third-order valence-electron chi connectivity index (χ3n) is 4.33. The summed E-state index contributed by atoms with van der Waals surface area (Å²) in [4.78, 5) is 2.05. The lowest BCUT2D eigenvalue weighted by atomic mass is 9.91. The van der Waals surface area contributed by atoms with Gasteiger partial charge in [0.2, 0.25) is 0 Å². The van der Waals surface area contributed by atoms with Crippen molar-refractivity contribution in [3.63, 3.8) is 0 Å². The molecule has 0 spiro atoms. The van der Waals surface area contributed by atoms with Gasteiger partial charge in [0.15, 0.2) is 0 Å². The molecule has 0 fully saturated rings. The minimum Gasteiger partial charge on any atom is -0.369 e. The Morgan fingerprint density at radius 1 is 1.38 bits per heavy atom. The molecule has 0 aromatic heterocycles. The maximum atomic E-state index is 13.6. The van der Waals surface area contributed by atoms with E-state index in [9.17, 15) is 13.2 Å². The topological polar surface area (TPSA) is 18.8 Å². The summed E-state index contributed by atoms with van der Waals surface area (Å²) in [6, 6.07) is 3.17. The van der Waals surface area contributed by atoms with Crippen LogP contribution in [0.1, 0.15) is 43.9 Å². The smallest absolute Gasteiger partial charge is 0.369 e. The molecule has 3 nitrogen and oxygen atoms in total. The van der Waals surface area contributed by atoms with Gasteiger partial charge in [-0.1, -0.05) is 0 Å². The number of aryl methyl sites for hydroxylation is 1. The largest absolute Gasteiger partial charge is 0.417 e. The van der Waals surface area contributed by atoms with E-state index in [2.05, 4.69) is 11.8 Å². The molecule has 0 radical (unpaired) electrons. The van der Waals surface area contributed by atoms with E-state index in [1.165, 1.54) is 11.1 Å². The Balaban J connectivity index is 2.64. The molecule has 0 saturated carbocycles. The van der Waals surface area contributed by atoms with Gasteiger partial charge in [-0.05, 0) is 62.4 Å². The minimum atomic E-state index is -4.40. The fraction of sp³-hybridized carbons (Fsp3) is 0.500. The molecule has 0 N–H and O–H groups in total. The molecule has 0 bridgehead atoms. The van der Waals surface area contributed by atoms with Gasteiger partial charge in [0, 0.05) is 38.2 Å². The van der Waals surface area contributed by atoms with Crippen molar-refractivity contribution >= 4 is 18.0 Å². The first-order chi connectivity index (χ1) is 11.1. The van der Waals surface area contributed by atoms with Crippen LogP contribution in [-0.2, 0) is 12.6 Å². The number of hydrogen-bond acceptors (Lipinski definition) is 3. The van der Waals surface area contributed by atoms with Gasteiger partial charge in [0.05, 0.1) is 5.56 Å². The second-order valence-corrected chi connectivity index (χ2v) is 6.44. The fourth-order valence-electron chi connectivity index (χ4n) is 3.15. The summed E-state index contributed by atoms with van der Waals surface area (Å²) in [5.41, 5.74) is 1.80. The number of allylic oxidation sites excluding steroid dienone is 1. The van der Waals surface area contributed by atoms with E-state index in [0.29, 0.717) is 11.3 Å². The molecule has 2 rings (SSSR count). The van der Waals surface area contributed by atoms with Crippen LogP contribution in [0.4, 0.5) is 18.9 Å². The number of hydrogen-bond donors (Lipinski definition) is 0. The quantitative estimate of drug-likeness (QED) is 0.581. The van der Waals surface area contributed by atoms with E-state index in [1.54, 1.807) is 26.2 Å². The van der Waals surface area contributed by atoms with E-state index in [4.69, 9.17) is 0 Å². The van der Waals surface area contributed by atoms with Crippen molar-refractivity contribution in [3.8, 4) is 0 Å². The molecule has 24 heavy (non-hydrogen) atoms. The fourth-order valence-corrected chi connectivity index (χ4v) is 3.15. The molecular formula is C18H24F3N3. The lowest BCUT2D eigenvalue weighted by molar-refractivity contribution is -0.137. The van der Waals surface area contributed by atoms with Crippen molar-refractivity contribution in [1.29, 1.82) is 0 Å². The second-order valence-electron chi connectivity index (χ2n) is 6.44. The van der Waals surface area contributed by atoms with E-state index in [0.717, 1.165) is 24.9 Å². The van der Waals surface area contributed by atoms with E-state index < -0.39 is 11.7 Å². The number of fused-ring (bicyclic) bond motifs is 1. The van der Waals surface area contributed by atoms with Crippen LogP contribution >= 0.6 is 0 Å². The summed E-state index contributed by atoms with van der Waals surface area (Å²) in [6.45, 7) is 9.85. The average molecular weight is 339 g/mol. The van der Waals surface area contributed by atoms with Crippen molar-refractivity contribution in [2.45, 2.75) is 45.8 Å². The number of rotatable bonds is 4. The third kappa shape index (κ3) is 3.74. The molecule has 1 heterocycles. The molecule has 1 aliphatic rings. The summed E-state index contributed by atoms with van der Waals surface area (Å²) >= 11 is 0. The predicted molar refractivity (Wildman–Crippen MR) is 93.2 cm³/mol. The molecular weight excluding hydrogens is 315 g/mol. The van der Waals surface area contributed by atoms with Crippen molar-refractivity contribution < 1.29 is 13.2 Å². The van der Waals surface area contributed by atoms with E-state index in [-0.39, 0.29) is 11.6 Å². The molecule has 1 aromatic rings. The Morgan fingerprint density at radius 2 is 2.04 bits per heavy atom. The second kappa shape index (κ2) is 6.87. The highest BCUT2D eigenvalue weighted by Gasteiger charge is 2.36. The van der Waals surface area contributed by atoms with Gasteiger partial charge in [0.1, 0.15) is 0 Å². The summed E-state index contributed by atoms with van der Waals surface area (Å²) in [5, 5.41) is 5.10. The lowest BCUT2D eigenvalue weighted by Gasteiger charge is -2.36. The lowest BCUT2D eigenvalue weighted by Crippen LogP contribution is -2.35. The highest BCUT2D eigenvalue weighted by atomic mass is 19.4. The van der Waals surface area contributed by atoms with E-state index in [1.807, 2.05) is 18.7 Å². The summed E-state index contributed by atoms with van der Waals surface area (Å²) in [5.74, 6) is 0. The normalized spacial score (nSPS) is 15.5. The molecule has 0 unspecified atom stereocenters. The van der Waals surface area contributed by atoms with Crippen molar-refractivity contribution in [3.05, 3.63) is 35.0 Å². The number of benzene rings is 1. The molecule has 0 amide bonds. The Hall–Kier alpha value is -1.98. The molecule has 0 atom stereocenters.